The van der Waals surface area contributed by atoms with Crippen molar-refractivity contribution in [3.8, 4) is 0 Å². The number of nitrogens with one attached hydrogen (secondary N) is 1. The highest BCUT2D eigenvalue weighted by atomic mass is 32.1. The molecule has 0 saturated heterocycles. The van der Waals surface area contributed by atoms with Crippen LogP contribution in [0.15, 0.2) is 11.5 Å². The second kappa shape index (κ2) is 6.79. The molecule has 0 saturated carbocycles. The van der Waals surface area contributed by atoms with Gasteiger partial charge >= 0.3 is 0 Å². The largest absolute Gasteiger partial charge is 0.387 e. The van der Waals surface area contributed by atoms with E-state index in [0.717, 1.165) is 10.7 Å². The van der Waals surface area contributed by atoms with Crippen LogP contribution in [0.5, 0.6) is 0 Å². The maximum Gasteiger partial charge on any atom is 0.244 e. The third-order valence-corrected chi connectivity index (χ3v) is 3.13. The highest BCUT2D eigenvalue weighted by Gasteiger charge is 2.21. The zero-order valence-electron chi connectivity index (χ0n) is 11.8. The van der Waals surface area contributed by atoms with Gasteiger partial charge in [-0.25, -0.2) is 4.98 Å². The smallest absolute Gasteiger partial charge is 0.244 e. The fourth-order valence-corrected chi connectivity index (χ4v) is 2.27. The van der Waals surface area contributed by atoms with E-state index in [9.17, 15) is 9.90 Å². The van der Waals surface area contributed by atoms with Crippen LogP contribution in [0.2, 0.25) is 0 Å². The second-order valence-electron chi connectivity index (χ2n) is 5.08. The van der Waals surface area contributed by atoms with Crippen molar-refractivity contribution in [2.75, 3.05) is 27.2 Å². The highest BCUT2D eigenvalue weighted by molar-refractivity contribution is 7.09. The molecule has 0 spiro atoms. The number of aryl methyl sites for hydroxylation is 1. The van der Waals surface area contributed by atoms with Crippen LogP contribution in [0.4, 0.5) is 0 Å². The van der Waals surface area contributed by atoms with Crippen molar-refractivity contribution in [2.24, 2.45) is 0 Å². The first-order chi connectivity index (χ1) is 8.78. The average Bonchev–Trinajstić information content (AvgIpc) is 2.68. The molecule has 1 unspecified atom stereocenters. The van der Waals surface area contributed by atoms with E-state index in [-0.39, 0.29) is 12.5 Å². The summed E-state index contributed by atoms with van der Waals surface area (Å²) in [5.41, 5.74) is -0.165. The van der Waals surface area contributed by atoms with Crippen LogP contribution < -0.4 is 5.32 Å². The van der Waals surface area contributed by atoms with E-state index in [1.54, 1.807) is 24.3 Å². The molecule has 1 atom stereocenters. The van der Waals surface area contributed by atoms with Crippen molar-refractivity contribution in [2.45, 2.75) is 19.4 Å². The zero-order valence-corrected chi connectivity index (χ0v) is 12.6. The normalized spacial score (nSPS) is 14.8. The molecular weight excluding hydrogens is 262 g/mol. The van der Waals surface area contributed by atoms with Crippen molar-refractivity contribution < 1.29 is 9.90 Å². The zero-order chi connectivity index (χ0) is 14.5. The molecule has 1 heterocycles. The molecule has 0 aliphatic carbocycles. The molecule has 0 aromatic carbocycles. The Morgan fingerprint density at radius 2 is 2.32 bits per heavy atom. The molecular formula is C13H21N3O2S. The van der Waals surface area contributed by atoms with Gasteiger partial charge in [-0.05, 0) is 34.0 Å². The Hall–Kier alpha value is -1.24. The molecule has 0 fully saturated rings. The predicted octanol–water partition coefficient (Wildman–Crippen LogP) is 0.894. The third kappa shape index (κ3) is 6.47. The Morgan fingerprint density at radius 1 is 1.63 bits per heavy atom. The van der Waals surface area contributed by atoms with Crippen molar-refractivity contribution in [3.63, 3.8) is 0 Å². The Bertz CT molecular complexity index is 452. The Kier molecular flexibility index (Phi) is 5.65. The molecule has 6 heteroatoms. The molecule has 0 aliphatic heterocycles. The van der Waals surface area contributed by atoms with E-state index in [0.29, 0.717) is 6.54 Å². The lowest BCUT2D eigenvalue weighted by Crippen LogP contribution is -2.46. The second-order valence-corrected chi connectivity index (χ2v) is 6.14. The SMILES string of the molecule is Cc1nc(/C=C/C(=O)NCC(C)(O)CN(C)C)cs1. The number of nitrogens with zero attached hydrogens (tertiary/aromatic N) is 2. The first-order valence-corrected chi connectivity index (χ1v) is 6.92. The predicted molar refractivity (Wildman–Crippen MR) is 78.1 cm³/mol. The van der Waals surface area contributed by atoms with Crippen LogP contribution in [0.3, 0.4) is 0 Å². The number of hydrogen-bond donors (Lipinski definition) is 2. The van der Waals surface area contributed by atoms with Crippen LogP contribution in [-0.4, -0.2) is 53.7 Å². The minimum atomic E-state index is -0.940. The van der Waals surface area contributed by atoms with Gasteiger partial charge in [0.05, 0.1) is 16.3 Å². The summed E-state index contributed by atoms with van der Waals surface area (Å²) in [5.74, 6) is -0.232. The number of rotatable bonds is 6. The lowest BCUT2D eigenvalue weighted by Gasteiger charge is -2.26. The summed E-state index contributed by atoms with van der Waals surface area (Å²) in [5, 5.41) is 15.6. The topological polar surface area (TPSA) is 65.5 Å². The monoisotopic (exact) mass is 283 g/mol. The molecule has 1 aromatic rings. The summed E-state index contributed by atoms with van der Waals surface area (Å²) in [6, 6.07) is 0. The minimum Gasteiger partial charge on any atom is -0.387 e. The van der Waals surface area contributed by atoms with Crippen molar-refractivity contribution >= 4 is 23.3 Å². The maximum atomic E-state index is 11.6. The van der Waals surface area contributed by atoms with Gasteiger partial charge in [0.25, 0.3) is 0 Å². The first kappa shape index (κ1) is 15.8. The molecule has 5 nitrogen and oxygen atoms in total. The molecule has 0 bridgehead atoms. The van der Waals surface area contributed by atoms with E-state index in [1.165, 1.54) is 6.08 Å². The molecule has 0 radical (unpaired) electrons. The number of likely N-dealkylation sites (N-methyl/N-ethyl adjacent to an activating group) is 1. The lowest BCUT2D eigenvalue weighted by molar-refractivity contribution is -0.117. The summed E-state index contributed by atoms with van der Waals surface area (Å²) in [6.45, 7) is 4.31. The maximum absolute atomic E-state index is 11.6. The number of aromatic nitrogens is 1. The highest BCUT2D eigenvalue weighted by Crippen LogP contribution is 2.09. The number of aliphatic hydroxyl groups is 1. The van der Waals surface area contributed by atoms with Gasteiger partial charge in [0.2, 0.25) is 5.91 Å². The van der Waals surface area contributed by atoms with Gasteiger partial charge in [0.1, 0.15) is 0 Å². The number of hydrogen-bond acceptors (Lipinski definition) is 5. The van der Waals surface area contributed by atoms with Crippen molar-refractivity contribution in [1.29, 1.82) is 0 Å². The molecule has 0 aliphatic rings. The molecule has 19 heavy (non-hydrogen) atoms. The Balaban J connectivity index is 2.41. The van der Waals surface area contributed by atoms with Crippen LogP contribution in [0.25, 0.3) is 6.08 Å². The molecule has 2 N–H and O–H groups in total. The third-order valence-electron chi connectivity index (χ3n) is 2.34. The van der Waals surface area contributed by atoms with Gasteiger partial charge in [0, 0.05) is 24.5 Å². The molecule has 1 rings (SSSR count). The number of amides is 1. The fraction of sp³-hybridized carbons (Fsp3) is 0.538. The van der Waals surface area contributed by atoms with E-state index in [2.05, 4.69) is 10.3 Å². The lowest BCUT2D eigenvalue weighted by atomic mass is 10.1. The quantitative estimate of drug-likeness (QED) is 0.761. The number of thiazole rings is 1. The van der Waals surface area contributed by atoms with Gasteiger partial charge in [-0.3, -0.25) is 4.79 Å². The molecule has 1 amide bonds. The summed E-state index contributed by atoms with van der Waals surface area (Å²) in [6.07, 6.45) is 3.10. The standard InChI is InChI=1S/C13H21N3O2S/c1-10-15-11(7-19-10)5-6-12(17)14-8-13(2,18)9-16(3)4/h5-7,18H,8-9H2,1-4H3,(H,14,17)/b6-5+. The number of carbonyl (C=O) groups is 1. The van der Waals surface area contributed by atoms with Crippen molar-refractivity contribution in [1.82, 2.24) is 15.2 Å². The van der Waals surface area contributed by atoms with E-state index >= 15 is 0 Å². The Labute approximate surface area is 118 Å². The fourth-order valence-electron chi connectivity index (χ4n) is 1.69. The van der Waals surface area contributed by atoms with Crippen LogP contribution in [-0.2, 0) is 4.79 Å². The van der Waals surface area contributed by atoms with Gasteiger partial charge in [-0.1, -0.05) is 0 Å². The van der Waals surface area contributed by atoms with Crippen LogP contribution in [0.1, 0.15) is 17.6 Å². The summed E-state index contributed by atoms with van der Waals surface area (Å²) in [4.78, 5) is 17.7. The van der Waals surface area contributed by atoms with E-state index in [1.807, 2.05) is 31.3 Å². The molecule has 1 aromatic heterocycles. The van der Waals surface area contributed by atoms with Gasteiger partial charge in [0.15, 0.2) is 0 Å². The van der Waals surface area contributed by atoms with Gasteiger partial charge in [-0.15, -0.1) is 11.3 Å². The van der Waals surface area contributed by atoms with Crippen molar-refractivity contribution in [3.05, 3.63) is 22.2 Å². The number of carbonyl (C=O) groups excluding carboxylic acids is 1. The van der Waals surface area contributed by atoms with E-state index < -0.39 is 5.60 Å². The van der Waals surface area contributed by atoms with Crippen LogP contribution >= 0.6 is 11.3 Å². The van der Waals surface area contributed by atoms with Gasteiger partial charge < -0.3 is 15.3 Å². The average molecular weight is 283 g/mol. The Morgan fingerprint density at radius 3 is 2.84 bits per heavy atom. The molecule has 106 valence electrons. The summed E-state index contributed by atoms with van der Waals surface area (Å²) in [7, 11) is 3.75. The first-order valence-electron chi connectivity index (χ1n) is 6.04. The summed E-state index contributed by atoms with van der Waals surface area (Å²) < 4.78 is 0. The van der Waals surface area contributed by atoms with E-state index in [4.69, 9.17) is 0 Å². The van der Waals surface area contributed by atoms with Crippen LogP contribution in [0, 0.1) is 6.92 Å². The summed E-state index contributed by atoms with van der Waals surface area (Å²) >= 11 is 1.54. The van der Waals surface area contributed by atoms with Gasteiger partial charge in [-0.2, -0.15) is 0 Å². The minimum absolute atomic E-state index is 0.213.